The largest absolute Gasteiger partial charge is 0.310 e. The summed E-state index contributed by atoms with van der Waals surface area (Å²) in [6, 6.07) is 74.2. The Kier molecular flexibility index (Phi) is 7.94. The van der Waals surface area contributed by atoms with Gasteiger partial charge in [-0.05, 0) is 120 Å². The first-order valence-electron chi connectivity index (χ1n) is 20.8. The quantitative estimate of drug-likeness (QED) is 0.163. The van der Waals surface area contributed by atoms with Gasteiger partial charge in [-0.2, -0.15) is 0 Å². The van der Waals surface area contributed by atoms with Crippen LogP contribution in [0.5, 0.6) is 0 Å². The Morgan fingerprint density at radius 1 is 0.305 bits per heavy atom. The normalized spacial score (nSPS) is 14.0. The van der Waals surface area contributed by atoms with Crippen LogP contribution in [-0.2, 0) is 10.8 Å². The fourth-order valence-corrected chi connectivity index (χ4v) is 10.2. The molecule has 2 aliphatic rings. The number of rotatable bonds is 6. The van der Waals surface area contributed by atoms with E-state index in [0.717, 1.165) is 11.4 Å². The lowest BCUT2D eigenvalue weighted by atomic mass is 9.79. The summed E-state index contributed by atoms with van der Waals surface area (Å²) >= 11 is 0. The molecule has 59 heavy (non-hydrogen) atoms. The van der Waals surface area contributed by atoms with Crippen molar-refractivity contribution in [3.63, 3.8) is 0 Å². The van der Waals surface area contributed by atoms with Gasteiger partial charge in [-0.3, -0.25) is 0 Å². The highest BCUT2D eigenvalue weighted by atomic mass is 15.1. The van der Waals surface area contributed by atoms with Crippen molar-refractivity contribution in [1.29, 1.82) is 0 Å². The van der Waals surface area contributed by atoms with Gasteiger partial charge < -0.3 is 4.90 Å². The molecule has 9 aromatic rings. The molecule has 0 atom stereocenters. The van der Waals surface area contributed by atoms with Crippen molar-refractivity contribution >= 4 is 27.8 Å². The van der Waals surface area contributed by atoms with E-state index in [1.54, 1.807) is 0 Å². The Morgan fingerprint density at radius 2 is 0.763 bits per heavy atom. The van der Waals surface area contributed by atoms with Crippen LogP contribution in [0.2, 0.25) is 0 Å². The summed E-state index contributed by atoms with van der Waals surface area (Å²) < 4.78 is 0. The molecular weight excluding hydrogens is 711 g/mol. The molecule has 0 heterocycles. The molecule has 0 radical (unpaired) electrons. The zero-order chi connectivity index (χ0) is 39.9. The maximum absolute atomic E-state index is 2.51. The topological polar surface area (TPSA) is 3.24 Å². The van der Waals surface area contributed by atoms with Crippen LogP contribution in [0, 0.1) is 0 Å². The number of nitrogens with zero attached hydrogens (tertiary/aromatic N) is 1. The first-order chi connectivity index (χ1) is 28.8. The fraction of sp³-hybridized carbons (Fsp3) is 0.103. The first kappa shape index (κ1) is 35.2. The Bertz CT molecular complexity index is 3060. The van der Waals surface area contributed by atoms with Crippen molar-refractivity contribution in [3.8, 4) is 55.6 Å². The zero-order valence-electron chi connectivity index (χ0n) is 34.0. The van der Waals surface area contributed by atoms with Crippen LogP contribution in [0.1, 0.15) is 49.9 Å². The Labute approximate surface area is 347 Å². The highest BCUT2D eigenvalue weighted by Crippen LogP contribution is 2.56. The molecule has 1 nitrogen and oxygen atoms in total. The van der Waals surface area contributed by atoms with Crippen LogP contribution in [0.4, 0.5) is 17.1 Å². The monoisotopic (exact) mass is 755 g/mol. The summed E-state index contributed by atoms with van der Waals surface area (Å²) in [6.45, 7) is 9.55. The maximum Gasteiger partial charge on any atom is 0.0546 e. The third kappa shape index (κ3) is 5.53. The fourth-order valence-electron chi connectivity index (χ4n) is 10.2. The minimum Gasteiger partial charge on any atom is -0.310 e. The predicted octanol–water partition coefficient (Wildman–Crippen LogP) is 15.9. The van der Waals surface area contributed by atoms with Crippen molar-refractivity contribution in [2.75, 3.05) is 4.90 Å². The SMILES string of the molecule is CC1(C)c2ccccc2-c2ccc(N(c3ccc(-c4ccc(-c5ccccc5)cc4)cc3)c3cc4c(c5ccccc35)C(C)(C)c3cc(-c5ccccc5)ccc3-4)cc21. The molecule has 0 aromatic heterocycles. The molecular formula is C58H45N. The van der Waals surface area contributed by atoms with Crippen molar-refractivity contribution in [2.24, 2.45) is 0 Å². The molecule has 282 valence electrons. The third-order valence-electron chi connectivity index (χ3n) is 13.3. The summed E-state index contributed by atoms with van der Waals surface area (Å²) in [4.78, 5) is 2.51. The standard InChI is InChI=1S/C58H45N/c1-57(2)52-22-14-13-19-46(52)47-34-32-45(36-54(47)57)59(44-30-27-42(28-31-44)41-25-23-40(24-26-41)38-15-7-5-8-16-38)55-37-51-48-33-29-43(39-17-9-6-10-18-39)35-53(48)58(3,4)56(51)50-21-12-11-20-49(50)55/h5-37H,1-4H3. The van der Waals surface area contributed by atoms with E-state index in [9.17, 15) is 0 Å². The van der Waals surface area contributed by atoms with Gasteiger partial charge in [-0.25, -0.2) is 0 Å². The van der Waals surface area contributed by atoms with Gasteiger partial charge in [-0.15, -0.1) is 0 Å². The van der Waals surface area contributed by atoms with E-state index in [0.29, 0.717) is 0 Å². The Balaban J connectivity index is 1.09. The predicted molar refractivity (Wildman–Crippen MR) is 250 cm³/mol. The molecule has 0 saturated carbocycles. The molecule has 0 N–H and O–H groups in total. The van der Waals surface area contributed by atoms with Crippen molar-refractivity contribution in [3.05, 3.63) is 222 Å². The van der Waals surface area contributed by atoms with Crippen molar-refractivity contribution < 1.29 is 0 Å². The summed E-state index contributed by atoms with van der Waals surface area (Å²) in [7, 11) is 0. The molecule has 0 amide bonds. The summed E-state index contributed by atoms with van der Waals surface area (Å²) in [5, 5.41) is 2.55. The highest BCUT2D eigenvalue weighted by Gasteiger charge is 2.39. The third-order valence-corrected chi connectivity index (χ3v) is 13.3. The van der Waals surface area contributed by atoms with E-state index < -0.39 is 0 Å². The molecule has 9 aromatic carbocycles. The summed E-state index contributed by atoms with van der Waals surface area (Å²) in [5.74, 6) is 0. The Hall–Kier alpha value is -6.96. The summed E-state index contributed by atoms with van der Waals surface area (Å²) in [5.41, 5.74) is 21.4. The van der Waals surface area contributed by atoms with Gasteiger partial charge >= 0.3 is 0 Å². The van der Waals surface area contributed by atoms with Crippen LogP contribution < -0.4 is 4.90 Å². The number of fused-ring (bicyclic) bond motifs is 8. The number of benzene rings is 9. The minimum absolute atomic E-state index is 0.122. The number of anilines is 3. The molecule has 1 heteroatoms. The molecule has 0 aliphatic heterocycles. The molecule has 11 rings (SSSR count). The maximum atomic E-state index is 2.51. The van der Waals surface area contributed by atoms with E-state index >= 15 is 0 Å². The van der Waals surface area contributed by atoms with E-state index in [-0.39, 0.29) is 10.8 Å². The molecule has 0 fully saturated rings. The number of hydrogen-bond donors (Lipinski definition) is 0. The Morgan fingerprint density at radius 3 is 1.44 bits per heavy atom. The van der Waals surface area contributed by atoms with Crippen LogP contribution >= 0.6 is 0 Å². The summed E-state index contributed by atoms with van der Waals surface area (Å²) in [6.07, 6.45) is 0. The van der Waals surface area contributed by atoms with Gasteiger partial charge in [0.25, 0.3) is 0 Å². The number of hydrogen-bond acceptors (Lipinski definition) is 1. The average Bonchev–Trinajstić information content (AvgIpc) is 3.66. The second kappa shape index (κ2) is 13.3. The van der Waals surface area contributed by atoms with E-state index in [1.165, 1.54) is 94.3 Å². The lowest BCUT2D eigenvalue weighted by Crippen LogP contribution is -2.18. The van der Waals surface area contributed by atoms with Gasteiger partial charge in [0, 0.05) is 27.6 Å². The molecule has 0 spiro atoms. The van der Waals surface area contributed by atoms with Gasteiger partial charge in [-0.1, -0.05) is 191 Å². The smallest absolute Gasteiger partial charge is 0.0546 e. The van der Waals surface area contributed by atoms with Crippen molar-refractivity contribution in [2.45, 2.75) is 38.5 Å². The second-order valence-electron chi connectivity index (χ2n) is 17.3. The second-order valence-corrected chi connectivity index (χ2v) is 17.3. The minimum atomic E-state index is -0.181. The van der Waals surface area contributed by atoms with Gasteiger partial charge in [0.2, 0.25) is 0 Å². The van der Waals surface area contributed by atoms with Gasteiger partial charge in [0.05, 0.1) is 5.69 Å². The molecule has 0 bridgehead atoms. The molecule has 0 saturated heterocycles. The van der Waals surface area contributed by atoms with Crippen LogP contribution in [0.3, 0.4) is 0 Å². The van der Waals surface area contributed by atoms with Crippen LogP contribution in [0.25, 0.3) is 66.4 Å². The van der Waals surface area contributed by atoms with E-state index in [4.69, 9.17) is 0 Å². The van der Waals surface area contributed by atoms with Gasteiger partial charge in [0.1, 0.15) is 0 Å². The highest BCUT2D eigenvalue weighted by molar-refractivity contribution is 6.07. The zero-order valence-corrected chi connectivity index (χ0v) is 34.0. The first-order valence-corrected chi connectivity index (χ1v) is 20.8. The van der Waals surface area contributed by atoms with E-state index in [2.05, 4.69) is 233 Å². The van der Waals surface area contributed by atoms with Gasteiger partial charge in [0.15, 0.2) is 0 Å². The molecule has 2 aliphatic carbocycles. The lowest BCUT2D eigenvalue weighted by molar-refractivity contribution is 0.660. The average molecular weight is 756 g/mol. The lowest BCUT2D eigenvalue weighted by Gasteiger charge is -2.31. The van der Waals surface area contributed by atoms with Crippen LogP contribution in [-0.4, -0.2) is 0 Å². The van der Waals surface area contributed by atoms with Crippen molar-refractivity contribution in [1.82, 2.24) is 0 Å². The van der Waals surface area contributed by atoms with E-state index in [1.807, 2.05) is 0 Å². The van der Waals surface area contributed by atoms with Crippen LogP contribution in [0.15, 0.2) is 200 Å². The molecule has 0 unspecified atom stereocenters.